The molecule has 0 saturated carbocycles. The average Bonchev–Trinajstić information content (AvgIpc) is 2.27. The van der Waals surface area contributed by atoms with Gasteiger partial charge in [-0.3, -0.25) is 9.59 Å². The first-order valence-electron chi connectivity index (χ1n) is 4.70. The van der Waals surface area contributed by atoms with Crippen molar-refractivity contribution in [2.45, 2.75) is 0 Å². The van der Waals surface area contributed by atoms with E-state index in [0.29, 0.717) is 5.69 Å². The van der Waals surface area contributed by atoms with Crippen molar-refractivity contribution in [2.75, 3.05) is 18.0 Å². The summed E-state index contributed by atoms with van der Waals surface area (Å²) in [5.74, 6) is -1.17. The number of carbonyl (C=O) groups is 2. The minimum atomic E-state index is -0.587. The van der Waals surface area contributed by atoms with Crippen LogP contribution in [0.25, 0.3) is 0 Å². The highest BCUT2D eigenvalue weighted by atomic mass is 16.2. The first-order chi connectivity index (χ1) is 8.02. The maximum atomic E-state index is 10.8. The molecule has 88 valence electrons. The van der Waals surface area contributed by atoms with Crippen LogP contribution >= 0.6 is 0 Å². The molecule has 1 aromatic rings. The Hall–Kier alpha value is -2.62. The molecular formula is C10H11N5O2. The van der Waals surface area contributed by atoms with Crippen LogP contribution in [-0.4, -0.2) is 29.9 Å². The Kier molecular flexibility index (Phi) is 4.00. The van der Waals surface area contributed by atoms with Gasteiger partial charge in [0.05, 0.1) is 25.0 Å². The highest BCUT2D eigenvalue weighted by molar-refractivity contribution is 5.84. The van der Waals surface area contributed by atoms with Crippen LogP contribution in [0.5, 0.6) is 0 Å². The second kappa shape index (κ2) is 5.46. The summed E-state index contributed by atoms with van der Waals surface area (Å²) in [6, 6.07) is 4.91. The van der Waals surface area contributed by atoms with Gasteiger partial charge in [0.25, 0.3) is 0 Å². The SMILES string of the molecule is N#Cc1ccc(N(CC(N)=O)CC(N)=O)cn1. The molecule has 1 heterocycles. The van der Waals surface area contributed by atoms with Crippen LogP contribution in [-0.2, 0) is 9.59 Å². The van der Waals surface area contributed by atoms with Gasteiger partial charge >= 0.3 is 0 Å². The van der Waals surface area contributed by atoms with E-state index < -0.39 is 11.8 Å². The number of hydrogen-bond donors (Lipinski definition) is 2. The predicted molar refractivity (Wildman–Crippen MR) is 59.6 cm³/mol. The highest BCUT2D eigenvalue weighted by Gasteiger charge is 2.12. The number of anilines is 1. The summed E-state index contributed by atoms with van der Waals surface area (Å²) < 4.78 is 0. The van der Waals surface area contributed by atoms with Crippen molar-refractivity contribution in [1.29, 1.82) is 5.26 Å². The number of nitriles is 1. The molecule has 0 radical (unpaired) electrons. The van der Waals surface area contributed by atoms with Crippen LogP contribution in [0.3, 0.4) is 0 Å². The Bertz CT molecular complexity index is 447. The zero-order chi connectivity index (χ0) is 12.8. The van der Waals surface area contributed by atoms with Crippen molar-refractivity contribution in [3.05, 3.63) is 24.0 Å². The van der Waals surface area contributed by atoms with Gasteiger partial charge in [-0.1, -0.05) is 0 Å². The second-order valence-electron chi connectivity index (χ2n) is 3.30. The second-order valence-corrected chi connectivity index (χ2v) is 3.30. The maximum Gasteiger partial charge on any atom is 0.236 e. The molecule has 0 aliphatic rings. The Morgan fingerprint density at radius 3 is 2.24 bits per heavy atom. The van der Waals surface area contributed by atoms with Gasteiger partial charge in [0.15, 0.2) is 0 Å². The van der Waals surface area contributed by atoms with Crippen LogP contribution < -0.4 is 16.4 Å². The van der Waals surface area contributed by atoms with Gasteiger partial charge in [-0.15, -0.1) is 0 Å². The molecule has 2 amide bonds. The van der Waals surface area contributed by atoms with Crippen molar-refractivity contribution in [3.8, 4) is 6.07 Å². The van der Waals surface area contributed by atoms with Gasteiger partial charge in [-0.05, 0) is 12.1 Å². The summed E-state index contributed by atoms with van der Waals surface area (Å²) in [6.07, 6.45) is 1.38. The van der Waals surface area contributed by atoms with E-state index in [1.54, 1.807) is 6.07 Å². The fraction of sp³-hybridized carbons (Fsp3) is 0.200. The zero-order valence-corrected chi connectivity index (χ0v) is 8.96. The third-order valence-corrected chi connectivity index (χ3v) is 1.92. The molecule has 0 bridgehead atoms. The molecule has 0 unspecified atom stereocenters. The van der Waals surface area contributed by atoms with E-state index in [1.165, 1.54) is 17.2 Å². The van der Waals surface area contributed by atoms with Crippen LogP contribution in [0.1, 0.15) is 5.69 Å². The summed E-state index contributed by atoms with van der Waals surface area (Å²) in [5, 5.41) is 8.58. The molecule has 0 aliphatic carbocycles. The quantitative estimate of drug-likeness (QED) is 0.655. The average molecular weight is 233 g/mol. The normalized spacial score (nSPS) is 9.35. The number of hydrogen-bond acceptors (Lipinski definition) is 5. The zero-order valence-electron chi connectivity index (χ0n) is 8.96. The Morgan fingerprint density at radius 2 is 1.88 bits per heavy atom. The van der Waals surface area contributed by atoms with E-state index in [4.69, 9.17) is 16.7 Å². The Morgan fingerprint density at radius 1 is 1.29 bits per heavy atom. The van der Waals surface area contributed by atoms with E-state index in [-0.39, 0.29) is 18.8 Å². The summed E-state index contributed by atoms with van der Waals surface area (Å²) >= 11 is 0. The highest BCUT2D eigenvalue weighted by Crippen LogP contribution is 2.12. The summed E-state index contributed by atoms with van der Waals surface area (Å²) in [7, 11) is 0. The van der Waals surface area contributed by atoms with Crippen LogP contribution in [0.15, 0.2) is 18.3 Å². The van der Waals surface area contributed by atoms with Gasteiger partial charge < -0.3 is 16.4 Å². The molecule has 4 N–H and O–H groups in total. The molecule has 0 atom stereocenters. The lowest BCUT2D eigenvalue weighted by molar-refractivity contribution is -0.117. The van der Waals surface area contributed by atoms with Crippen molar-refractivity contribution >= 4 is 17.5 Å². The molecule has 17 heavy (non-hydrogen) atoms. The largest absolute Gasteiger partial charge is 0.368 e. The predicted octanol–water partition coefficient (Wildman–Crippen LogP) is -1.27. The van der Waals surface area contributed by atoms with Crippen molar-refractivity contribution < 1.29 is 9.59 Å². The molecule has 0 aliphatic heterocycles. The third-order valence-electron chi connectivity index (χ3n) is 1.92. The molecule has 0 spiro atoms. The Balaban J connectivity index is 2.91. The lowest BCUT2D eigenvalue weighted by atomic mass is 10.3. The number of nitrogens with zero attached hydrogens (tertiary/aromatic N) is 3. The molecule has 0 fully saturated rings. The van der Waals surface area contributed by atoms with E-state index in [0.717, 1.165) is 0 Å². The first-order valence-corrected chi connectivity index (χ1v) is 4.70. The van der Waals surface area contributed by atoms with Crippen molar-refractivity contribution in [2.24, 2.45) is 11.5 Å². The number of amides is 2. The molecule has 7 nitrogen and oxygen atoms in total. The Labute approximate surface area is 97.6 Å². The van der Waals surface area contributed by atoms with Crippen molar-refractivity contribution in [1.82, 2.24) is 4.98 Å². The van der Waals surface area contributed by atoms with Gasteiger partial charge in [0.1, 0.15) is 11.8 Å². The molecule has 1 aromatic heterocycles. The van der Waals surface area contributed by atoms with Gasteiger partial charge in [-0.25, -0.2) is 4.98 Å². The standard InChI is InChI=1S/C10H11N5O2/c11-3-7-1-2-8(4-14-7)15(5-9(12)16)6-10(13)17/h1-2,4H,5-6H2,(H2,12,16)(H2,13,17). The van der Waals surface area contributed by atoms with E-state index in [2.05, 4.69) is 4.98 Å². The fourth-order valence-electron chi connectivity index (χ4n) is 1.25. The summed E-state index contributed by atoms with van der Waals surface area (Å²) in [5.41, 5.74) is 10.9. The topological polar surface area (TPSA) is 126 Å². The number of primary amides is 2. The number of carbonyl (C=O) groups excluding carboxylic acids is 2. The van der Waals surface area contributed by atoms with E-state index in [9.17, 15) is 9.59 Å². The van der Waals surface area contributed by atoms with E-state index >= 15 is 0 Å². The minimum Gasteiger partial charge on any atom is -0.368 e. The third kappa shape index (κ3) is 3.79. The monoisotopic (exact) mass is 233 g/mol. The number of nitrogens with two attached hydrogens (primary N) is 2. The number of aromatic nitrogens is 1. The van der Waals surface area contributed by atoms with Gasteiger partial charge in [0.2, 0.25) is 11.8 Å². The van der Waals surface area contributed by atoms with Crippen LogP contribution in [0, 0.1) is 11.3 Å². The molecular weight excluding hydrogens is 222 g/mol. The lowest BCUT2D eigenvalue weighted by Gasteiger charge is -2.20. The number of rotatable bonds is 5. The molecule has 0 aromatic carbocycles. The van der Waals surface area contributed by atoms with Crippen LogP contribution in [0.4, 0.5) is 5.69 Å². The smallest absolute Gasteiger partial charge is 0.236 e. The van der Waals surface area contributed by atoms with Crippen molar-refractivity contribution in [3.63, 3.8) is 0 Å². The first kappa shape index (κ1) is 12.4. The van der Waals surface area contributed by atoms with E-state index in [1.807, 2.05) is 6.07 Å². The maximum absolute atomic E-state index is 10.8. The number of pyridine rings is 1. The fourth-order valence-corrected chi connectivity index (χ4v) is 1.25. The molecule has 0 saturated heterocycles. The molecule has 1 rings (SSSR count). The van der Waals surface area contributed by atoms with Gasteiger partial charge in [0, 0.05) is 0 Å². The summed E-state index contributed by atoms with van der Waals surface area (Å²) in [6.45, 7) is -0.285. The molecule has 7 heteroatoms. The van der Waals surface area contributed by atoms with Crippen LogP contribution in [0.2, 0.25) is 0 Å². The van der Waals surface area contributed by atoms with Gasteiger partial charge in [-0.2, -0.15) is 5.26 Å². The minimum absolute atomic E-state index is 0.142. The summed E-state index contributed by atoms with van der Waals surface area (Å²) in [4.78, 5) is 26.9. The lowest BCUT2D eigenvalue weighted by Crippen LogP contribution is -2.39.